The second-order valence-corrected chi connectivity index (χ2v) is 7.37. The molecular weight excluding hydrogens is 346 g/mol. The molecule has 0 saturated carbocycles. The molecule has 0 N–H and O–H groups in total. The van der Waals surface area contributed by atoms with Gasteiger partial charge < -0.3 is 14.2 Å². The average molecular weight is 375 g/mol. The van der Waals surface area contributed by atoms with Gasteiger partial charge in [0.2, 0.25) is 5.89 Å². The maximum Gasteiger partial charge on any atom is 0.272 e. The Morgan fingerprint density at radius 3 is 3.07 bits per heavy atom. The number of piperidine rings is 1. The summed E-state index contributed by atoms with van der Waals surface area (Å²) in [5.74, 6) is 1.88. The Kier molecular flexibility index (Phi) is 6.60. The molecule has 27 heavy (non-hydrogen) atoms. The number of amides is 1. The number of aromatic nitrogens is 4. The molecule has 2 aromatic heterocycles. The van der Waals surface area contributed by atoms with Gasteiger partial charge in [0.25, 0.3) is 5.91 Å². The summed E-state index contributed by atoms with van der Waals surface area (Å²) in [6, 6.07) is 1.78. The van der Waals surface area contributed by atoms with Crippen LogP contribution < -0.4 is 0 Å². The van der Waals surface area contributed by atoms with E-state index in [0.29, 0.717) is 49.4 Å². The highest BCUT2D eigenvalue weighted by Gasteiger charge is 2.26. The molecule has 0 aliphatic carbocycles. The predicted octanol–water partition coefficient (Wildman–Crippen LogP) is 2.35. The fourth-order valence-corrected chi connectivity index (χ4v) is 3.33. The molecule has 0 radical (unpaired) electrons. The smallest absolute Gasteiger partial charge is 0.272 e. The Labute approximate surface area is 159 Å². The molecule has 0 bridgehead atoms. The van der Waals surface area contributed by atoms with E-state index in [1.54, 1.807) is 16.9 Å². The summed E-state index contributed by atoms with van der Waals surface area (Å²) >= 11 is 0. The molecule has 1 aliphatic rings. The Balaban J connectivity index is 1.47. The third-order valence-electron chi connectivity index (χ3n) is 4.67. The number of hydrogen-bond donors (Lipinski definition) is 0. The first-order chi connectivity index (χ1) is 13.1. The van der Waals surface area contributed by atoms with Crippen LogP contribution in [0.5, 0.6) is 0 Å². The number of aryl methyl sites for hydroxylation is 1. The highest BCUT2D eigenvalue weighted by molar-refractivity contribution is 5.92. The SMILES string of the molecule is CCn1nccc1C(=O)N1CCCC(OCCc2noc(CC(C)C)n2)C1. The lowest BCUT2D eigenvalue weighted by Crippen LogP contribution is -2.44. The van der Waals surface area contributed by atoms with Crippen LogP contribution in [0.4, 0.5) is 0 Å². The summed E-state index contributed by atoms with van der Waals surface area (Å²) in [5, 5.41) is 8.20. The molecule has 8 heteroatoms. The zero-order valence-electron chi connectivity index (χ0n) is 16.4. The van der Waals surface area contributed by atoms with Crippen LogP contribution in [0.15, 0.2) is 16.8 Å². The highest BCUT2D eigenvalue weighted by atomic mass is 16.5. The van der Waals surface area contributed by atoms with Crippen molar-refractivity contribution in [2.75, 3.05) is 19.7 Å². The second-order valence-electron chi connectivity index (χ2n) is 7.37. The number of rotatable bonds is 8. The standard InChI is InChI=1S/C19H29N5O3/c1-4-24-16(7-9-20-24)19(25)23-10-5-6-15(13-23)26-11-8-17-21-18(27-22-17)12-14(2)3/h7,9,14-15H,4-6,8,10-13H2,1-3H3. The Morgan fingerprint density at radius 1 is 1.44 bits per heavy atom. The van der Waals surface area contributed by atoms with Crippen LogP contribution in [0.25, 0.3) is 0 Å². The van der Waals surface area contributed by atoms with Gasteiger partial charge in [-0.25, -0.2) is 0 Å². The topological polar surface area (TPSA) is 86.3 Å². The third kappa shape index (κ3) is 5.15. The normalized spacial score (nSPS) is 17.6. The number of likely N-dealkylation sites (tertiary alicyclic amines) is 1. The minimum Gasteiger partial charge on any atom is -0.376 e. The molecule has 3 heterocycles. The Bertz CT molecular complexity index is 739. The van der Waals surface area contributed by atoms with Gasteiger partial charge in [0, 0.05) is 38.7 Å². The van der Waals surface area contributed by atoms with Crippen LogP contribution in [0.2, 0.25) is 0 Å². The maximum absolute atomic E-state index is 12.7. The van der Waals surface area contributed by atoms with Gasteiger partial charge in [0.05, 0.1) is 12.7 Å². The molecule has 1 unspecified atom stereocenters. The number of hydrogen-bond acceptors (Lipinski definition) is 6. The molecule has 1 amide bonds. The van der Waals surface area contributed by atoms with E-state index in [0.717, 1.165) is 25.8 Å². The van der Waals surface area contributed by atoms with Crippen LogP contribution in [0.3, 0.4) is 0 Å². The fourth-order valence-electron chi connectivity index (χ4n) is 3.33. The number of carbonyl (C=O) groups is 1. The van der Waals surface area contributed by atoms with E-state index in [2.05, 4.69) is 29.1 Å². The van der Waals surface area contributed by atoms with Crippen molar-refractivity contribution in [1.29, 1.82) is 0 Å². The van der Waals surface area contributed by atoms with E-state index in [1.165, 1.54) is 0 Å². The van der Waals surface area contributed by atoms with E-state index >= 15 is 0 Å². The number of carbonyl (C=O) groups excluding carboxylic acids is 1. The molecule has 1 fully saturated rings. The predicted molar refractivity (Wildman–Crippen MR) is 99.3 cm³/mol. The van der Waals surface area contributed by atoms with Crippen molar-refractivity contribution >= 4 is 5.91 Å². The lowest BCUT2D eigenvalue weighted by molar-refractivity contribution is 0.00212. The van der Waals surface area contributed by atoms with Crippen molar-refractivity contribution in [3.8, 4) is 0 Å². The molecule has 1 saturated heterocycles. The highest BCUT2D eigenvalue weighted by Crippen LogP contribution is 2.16. The van der Waals surface area contributed by atoms with Crippen LogP contribution in [-0.2, 0) is 24.1 Å². The Morgan fingerprint density at radius 2 is 2.30 bits per heavy atom. The molecule has 3 rings (SSSR count). The van der Waals surface area contributed by atoms with Crippen molar-refractivity contribution in [3.63, 3.8) is 0 Å². The zero-order valence-corrected chi connectivity index (χ0v) is 16.4. The van der Waals surface area contributed by atoms with Gasteiger partial charge in [-0.1, -0.05) is 19.0 Å². The van der Waals surface area contributed by atoms with Gasteiger partial charge in [-0.15, -0.1) is 0 Å². The molecule has 1 aliphatic heterocycles. The van der Waals surface area contributed by atoms with Crippen LogP contribution >= 0.6 is 0 Å². The summed E-state index contributed by atoms with van der Waals surface area (Å²) < 4.78 is 13.0. The van der Waals surface area contributed by atoms with Gasteiger partial charge in [-0.05, 0) is 31.7 Å². The van der Waals surface area contributed by atoms with Crippen molar-refractivity contribution < 1.29 is 14.1 Å². The molecule has 0 aromatic carbocycles. The van der Waals surface area contributed by atoms with Gasteiger partial charge in [0.15, 0.2) is 5.82 Å². The lowest BCUT2D eigenvalue weighted by Gasteiger charge is -2.32. The largest absolute Gasteiger partial charge is 0.376 e. The minimum atomic E-state index is 0.0270. The maximum atomic E-state index is 12.7. The molecule has 1 atom stereocenters. The third-order valence-corrected chi connectivity index (χ3v) is 4.67. The van der Waals surface area contributed by atoms with Crippen LogP contribution in [0.1, 0.15) is 55.8 Å². The van der Waals surface area contributed by atoms with Crippen LogP contribution in [0, 0.1) is 5.92 Å². The van der Waals surface area contributed by atoms with E-state index < -0.39 is 0 Å². The first kappa shape index (κ1) is 19.5. The number of ether oxygens (including phenoxy) is 1. The summed E-state index contributed by atoms with van der Waals surface area (Å²) in [4.78, 5) is 19.0. The molecule has 148 valence electrons. The van der Waals surface area contributed by atoms with E-state index in [9.17, 15) is 4.79 Å². The van der Waals surface area contributed by atoms with E-state index in [1.807, 2.05) is 11.8 Å². The lowest BCUT2D eigenvalue weighted by atomic mass is 10.1. The fraction of sp³-hybridized carbons (Fsp3) is 0.684. The summed E-state index contributed by atoms with van der Waals surface area (Å²) in [6.45, 7) is 8.81. The molecule has 8 nitrogen and oxygen atoms in total. The zero-order chi connectivity index (χ0) is 19.2. The Hall–Kier alpha value is -2.22. The van der Waals surface area contributed by atoms with Gasteiger partial charge in [-0.3, -0.25) is 9.48 Å². The monoisotopic (exact) mass is 375 g/mol. The summed E-state index contributed by atoms with van der Waals surface area (Å²) in [6.07, 6.45) is 5.03. The van der Waals surface area contributed by atoms with Crippen molar-refractivity contribution in [1.82, 2.24) is 24.8 Å². The van der Waals surface area contributed by atoms with Gasteiger partial charge in [-0.2, -0.15) is 10.1 Å². The van der Waals surface area contributed by atoms with Crippen molar-refractivity contribution in [2.24, 2.45) is 5.92 Å². The van der Waals surface area contributed by atoms with Crippen LogP contribution in [-0.4, -0.2) is 56.5 Å². The molecular formula is C19H29N5O3. The summed E-state index contributed by atoms with van der Waals surface area (Å²) in [7, 11) is 0. The van der Waals surface area contributed by atoms with E-state index in [-0.39, 0.29) is 12.0 Å². The minimum absolute atomic E-state index is 0.0270. The summed E-state index contributed by atoms with van der Waals surface area (Å²) in [5.41, 5.74) is 0.641. The number of nitrogens with zero attached hydrogens (tertiary/aromatic N) is 5. The second kappa shape index (κ2) is 9.12. The van der Waals surface area contributed by atoms with Gasteiger partial charge in [0.1, 0.15) is 5.69 Å². The first-order valence-corrected chi connectivity index (χ1v) is 9.81. The first-order valence-electron chi connectivity index (χ1n) is 9.81. The van der Waals surface area contributed by atoms with Crippen molar-refractivity contribution in [2.45, 2.75) is 59.1 Å². The van der Waals surface area contributed by atoms with Gasteiger partial charge >= 0.3 is 0 Å². The quantitative estimate of drug-likeness (QED) is 0.704. The molecule has 2 aromatic rings. The van der Waals surface area contributed by atoms with E-state index in [4.69, 9.17) is 9.26 Å². The molecule has 0 spiro atoms. The van der Waals surface area contributed by atoms with Crippen molar-refractivity contribution in [3.05, 3.63) is 29.7 Å². The average Bonchev–Trinajstić information content (AvgIpc) is 3.30.